The predicted octanol–water partition coefficient (Wildman–Crippen LogP) is 0.224. The quantitative estimate of drug-likeness (QED) is 0.789. The summed E-state index contributed by atoms with van der Waals surface area (Å²) in [5.41, 5.74) is 0.508. The first-order chi connectivity index (χ1) is 11.5. The second-order valence-electron chi connectivity index (χ2n) is 6.00. The maximum Gasteiger partial charge on any atom is 0.243 e. The van der Waals surface area contributed by atoms with Crippen molar-refractivity contribution in [3.05, 3.63) is 24.3 Å². The summed E-state index contributed by atoms with van der Waals surface area (Å²) in [5, 5.41) is 5.90. The van der Waals surface area contributed by atoms with Gasteiger partial charge in [-0.3, -0.25) is 10.1 Å². The van der Waals surface area contributed by atoms with Gasteiger partial charge in [0.15, 0.2) is 0 Å². The van der Waals surface area contributed by atoms with Crippen molar-refractivity contribution in [3.63, 3.8) is 0 Å². The fraction of sp³-hybridized carbons (Fsp3) is 0.533. The van der Waals surface area contributed by atoms with E-state index in [1.807, 2.05) is 7.05 Å². The van der Waals surface area contributed by atoms with Crippen molar-refractivity contribution in [3.8, 4) is 0 Å². The minimum atomic E-state index is -3.53. The summed E-state index contributed by atoms with van der Waals surface area (Å²) in [6.07, 6.45) is 0. The van der Waals surface area contributed by atoms with E-state index in [4.69, 9.17) is 0 Å². The Kier molecular flexibility index (Phi) is 5.46. The van der Waals surface area contributed by atoms with Crippen molar-refractivity contribution in [2.75, 3.05) is 50.2 Å². The van der Waals surface area contributed by atoms with Crippen LogP contribution < -0.4 is 10.6 Å². The molecule has 132 valence electrons. The lowest BCUT2D eigenvalue weighted by atomic mass is 10.2. The molecule has 0 bridgehead atoms. The monoisotopic (exact) mass is 370 g/mol. The number of carbonyl (C=O) groups excluding carboxylic acids is 1. The molecule has 2 heterocycles. The summed E-state index contributed by atoms with van der Waals surface area (Å²) in [6, 6.07) is 6.26. The number of thioether (sulfide) groups is 1. The Morgan fingerprint density at radius 2 is 2.04 bits per heavy atom. The number of benzene rings is 1. The minimum absolute atomic E-state index is 0.130. The molecule has 3 rings (SSSR count). The van der Waals surface area contributed by atoms with Crippen LogP contribution in [0.5, 0.6) is 0 Å². The first kappa shape index (κ1) is 17.7. The Bertz CT molecular complexity index is 696. The molecule has 1 unspecified atom stereocenters. The number of anilines is 1. The molecule has 0 saturated carbocycles. The summed E-state index contributed by atoms with van der Waals surface area (Å²) in [6.45, 7) is 2.42. The van der Waals surface area contributed by atoms with Gasteiger partial charge < -0.3 is 10.2 Å². The normalized spacial score (nSPS) is 23.3. The van der Waals surface area contributed by atoms with Crippen LogP contribution in [0.2, 0.25) is 0 Å². The zero-order chi connectivity index (χ0) is 17.2. The largest absolute Gasteiger partial charge is 0.325 e. The highest BCUT2D eigenvalue weighted by atomic mass is 32.2. The van der Waals surface area contributed by atoms with E-state index in [1.54, 1.807) is 30.0 Å². The third-order valence-corrected chi connectivity index (χ3v) is 7.07. The van der Waals surface area contributed by atoms with E-state index in [1.165, 1.54) is 10.4 Å². The van der Waals surface area contributed by atoms with Crippen molar-refractivity contribution in [1.82, 2.24) is 14.5 Å². The highest BCUT2D eigenvalue weighted by molar-refractivity contribution is 7.99. The van der Waals surface area contributed by atoms with Crippen molar-refractivity contribution >= 4 is 33.4 Å². The molecule has 24 heavy (non-hydrogen) atoms. The topological polar surface area (TPSA) is 81.8 Å². The molecule has 2 N–H and O–H groups in total. The van der Waals surface area contributed by atoms with Gasteiger partial charge in [0.05, 0.1) is 10.9 Å². The van der Waals surface area contributed by atoms with Crippen LogP contribution in [0, 0.1) is 0 Å². The molecule has 1 atom stereocenters. The number of rotatable bonds is 4. The Balaban J connectivity index is 1.73. The van der Waals surface area contributed by atoms with Crippen LogP contribution in [0.15, 0.2) is 29.2 Å². The molecule has 2 fully saturated rings. The van der Waals surface area contributed by atoms with E-state index in [-0.39, 0.29) is 16.8 Å². The number of piperazine rings is 1. The standard InChI is InChI=1S/C15H22N4O3S2/c1-18-5-7-19(8-6-18)24(21,22)13-4-2-3-12(9-13)17-15(20)14-10-23-11-16-14/h2-4,9,14,16H,5-8,10-11H2,1H3,(H,17,20). The van der Waals surface area contributed by atoms with E-state index >= 15 is 0 Å². The van der Waals surface area contributed by atoms with Crippen LogP contribution in [-0.2, 0) is 14.8 Å². The summed E-state index contributed by atoms with van der Waals surface area (Å²) in [7, 11) is -1.55. The van der Waals surface area contributed by atoms with Gasteiger partial charge in [-0.25, -0.2) is 8.42 Å². The lowest BCUT2D eigenvalue weighted by Gasteiger charge is -2.31. The SMILES string of the molecule is CN1CCN(S(=O)(=O)c2cccc(NC(=O)C3CSCN3)c2)CC1. The summed E-state index contributed by atoms with van der Waals surface area (Å²) in [5.74, 6) is 1.36. The van der Waals surface area contributed by atoms with Gasteiger partial charge >= 0.3 is 0 Å². The van der Waals surface area contributed by atoms with Crippen molar-refractivity contribution in [2.45, 2.75) is 10.9 Å². The molecule has 1 aromatic carbocycles. The highest BCUT2D eigenvalue weighted by Crippen LogP contribution is 2.21. The number of amides is 1. The first-order valence-corrected chi connectivity index (χ1v) is 10.5. The molecule has 1 aromatic rings. The molecule has 0 aliphatic carbocycles. The van der Waals surface area contributed by atoms with Crippen LogP contribution in [0.3, 0.4) is 0 Å². The zero-order valence-corrected chi connectivity index (χ0v) is 15.2. The first-order valence-electron chi connectivity index (χ1n) is 7.87. The van der Waals surface area contributed by atoms with Crippen molar-refractivity contribution < 1.29 is 13.2 Å². The molecule has 0 radical (unpaired) electrons. The Labute approximate surface area is 146 Å². The van der Waals surface area contributed by atoms with Gasteiger partial charge in [-0.15, -0.1) is 11.8 Å². The fourth-order valence-corrected chi connectivity index (χ4v) is 5.12. The van der Waals surface area contributed by atoms with Gasteiger partial charge in [-0.1, -0.05) is 6.07 Å². The number of carbonyl (C=O) groups is 1. The van der Waals surface area contributed by atoms with Crippen LogP contribution in [-0.4, -0.2) is 74.4 Å². The van der Waals surface area contributed by atoms with E-state index in [0.29, 0.717) is 18.8 Å². The Morgan fingerprint density at radius 1 is 1.29 bits per heavy atom. The fourth-order valence-electron chi connectivity index (χ4n) is 2.70. The number of nitrogens with one attached hydrogen (secondary N) is 2. The molecule has 2 aliphatic heterocycles. The molecular weight excluding hydrogens is 348 g/mol. The smallest absolute Gasteiger partial charge is 0.243 e. The molecule has 1 amide bonds. The van der Waals surface area contributed by atoms with Crippen LogP contribution >= 0.6 is 11.8 Å². The number of nitrogens with zero attached hydrogens (tertiary/aromatic N) is 2. The second-order valence-corrected chi connectivity index (χ2v) is 8.96. The van der Waals surface area contributed by atoms with E-state index in [2.05, 4.69) is 15.5 Å². The van der Waals surface area contributed by atoms with Crippen LogP contribution in [0.4, 0.5) is 5.69 Å². The van der Waals surface area contributed by atoms with Crippen LogP contribution in [0.1, 0.15) is 0 Å². The molecule has 7 nitrogen and oxygen atoms in total. The lowest BCUT2D eigenvalue weighted by molar-refractivity contribution is -0.117. The minimum Gasteiger partial charge on any atom is -0.325 e. The average molecular weight is 371 g/mol. The van der Waals surface area contributed by atoms with Gasteiger partial charge in [0, 0.05) is 43.5 Å². The molecule has 2 saturated heterocycles. The maximum atomic E-state index is 12.8. The number of hydrogen-bond donors (Lipinski definition) is 2. The Morgan fingerprint density at radius 3 is 2.71 bits per heavy atom. The molecular formula is C15H22N4O3S2. The Hall–Kier alpha value is -1.13. The van der Waals surface area contributed by atoms with Crippen molar-refractivity contribution in [1.29, 1.82) is 0 Å². The van der Waals surface area contributed by atoms with E-state index in [9.17, 15) is 13.2 Å². The summed E-state index contributed by atoms with van der Waals surface area (Å²) in [4.78, 5) is 14.5. The zero-order valence-electron chi connectivity index (χ0n) is 13.6. The molecule has 0 aromatic heterocycles. The number of hydrogen-bond acceptors (Lipinski definition) is 6. The van der Waals surface area contributed by atoms with Gasteiger partial charge in [-0.2, -0.15) is 4.31 Å². The summed E-state index contributed by atoms with van der Waals surface area (Å²) >= 11 is 1.67. The van der Waals surface area contributed by atoms with Gasteiger partial charge in [0.1, 0.15) is 0 Å². The molecule has 0 spiro atoms. The van der Waals surface area contributed by atoms with Gasteiger partial charge in [0.2, 0.25) is 15.9 Å². The van der Waals surface area contributed by atoms with Crippen molar-refractivity contribution in [2.24, 2.45) is 0 Å². The van der Waals surface area contributed by atoms with Gasteiger partial charge in [-0.05, 0) is 25.2 Å². The average Bonchev–Trinajstić information content (AvgIpc) is 3.10. The molecule has 2 aliphatic rings. The number of likely N-dealkylation sites (N-methyl/N-ethyl adjacent to an activating group) is 1. The molecule has 9 heteroatoms. The summed E-state index contributed by atoms with van der Waals surface area (Å²) < 4.78 is 27.0. The lowest BCUT2D eigenvalue weighted by Crippen LogP contribution is -2.47. The maximum absolute atomic E-state index is 12.8. The second kappa shape index (κ2) is 7.40. The van der Waals surface area contributed by atoms with E-state index < -0.39 is 10.0 Å². The predicted molar refractivity (Wildman–Crippen MR) is 95.6 cm³/mol. The third-order valence-electron chi connectivity index (χ3n) is 4.23. The van der Waals surface area contributed by atoms with Crippen LogP contribution in [0.25, 0.3) is 0 Å². The number of sulfonamides is 1. The van der Waals surface area contributed by atoms with E-state index in [0.717, 1.165) is 24.7 Å². The third kappa shape index (κ3) is 3.92. The van der Waals surface area contributed by atoms with Gasteiger partial charge in [0.25, 0.3) is 0 Å². The highest BCUT2D eigenvalue weighted by Gasteiger charge is 2.28.